The molecule has 0 bridgehead atoms. The molecular formula is C24H19Cl2N3O4S. The first kappa shape index (κ1) is 23.8. The Balaban J connectivity index is 1.62. The molecule has 0 saturated carbocycles. The van der Waals surface area contributed by atoms with E-state index in [0.29, 0.717) is 26.7 Å². The van der Waals surface area contributed by atoms with E-state index in [1.165, 1.54) is 16.3 Å². The van der Waals surface area contributed by atoms with Crippen LogP contribution in [0.5, 0.6) is 17.2 Å². The summed E-state index contributed by atoms with van der Waals surface area (Å²) in [5.74, 6) is 1.33. The molecular weight excluding hydrogens is 497 g/mol. The molecule has 174 valence electrons. The van der Waals surface area contributed by atoms with Crippen LogP contribution in [0.2, 0.25) is 10.0 Å². The average Bonchev–Trinajstić information content (AvgIpc) is 3.26. The zero-order chi connectivity index (χ0) is 24.1. The number of rotatable bonds is 8. The maximum absolute atomic E-state index is 13.2. The number of ether oxygens (including phenoxy) is 3. The van der Waals surface area contributed by atoms with Gasteiger partial charge in [-0.1, -0.05) is 34.5 Å². The van der Waals surface area contributed by atoms with E-state index < -0.39 is 5.91 Å². The van der Waals surface area contributed by atoms with E-state index in [1.54, 1.807) is 38.6 Å². The second kappa shape index (κ2) is 10.7. The molecule has 7 nitrogen and oxygen atoms in total. The van der Waals surface area contributed by atoms with Crippen molar-refractivity contribution in [2.24, 2.45) is 5.10 Å². The first-order chi connectivity index (χ1) is 16.5. The fourth-order valence-corrected chi connectivity index (χ4v) is 4.37. The average molecular weight is 516 g/mol. The molecule has 1 aromatic heterocycles. The number of amides is 1. The van der Waals surface area contributed by atoms with Crippen LogP contribution in [0.15, 0.2) is 65.8 Å². The third-order valence-electron chi connectivity index (χ3n) is 4.68. The lowest BCUT2D eigenvalue weighted by atomic mass is 10.2. The number of nitrogens with zero attached hydrogens (tertiary/aromatic N) is 3. The van der Waals surface area contributed by atoms with Crippen LogP contribution in [0.3, 0.4) is 0 Å². The van der Waals surface area contributed by atoms with Crippen LogP contribution in [-0.2, 0) is 4.79 Å². The Labute approximate surface area is 210 Å². The van der Waals surface area contributed by atoms with Crippen LogP contribution in [0.25, 0.3) is 10.2 Å². The van der Waals surface area contributed by atoms with Gasteiger partial charge in [-0.05, 0) is 66.2 Å². The van der Waals surface area contributed by atoms with Crippen molar-refractivity contribution in [2.75, 3.05) is 25.8 Å². The maximum Gasteiger partial charge on any atom is 0.287 e. The quantitative estimate of drug-likeness (QED) is 0.210. The van der Waals surface area contributed by atoms with Gasteiger partial charge in [0.25, 0.3) is 5.91 Å². The van der Waals surface area contributed by atoms with Gasteiger partial charge < -0.3 is 14.2 Å². The normalized spacial score (nSPS) is 11.1. The molecule has 0 aliphatic rings. The van der Waals surface area contributed by atoms with Gasteiger partial charge in [0, 0.05) is 5.02 Å². The summed E-state index contributed by atoms with van der Waals surface area (Å²) >= 11 is 13.4. The van der Waals surface area contributed by atoms with Crippen molar-refractivity contribution in [1.29, 1.82) is 0 Å². The Morgan fingerprint density at radius 3 is 2.47 bits per heavy atom. The van der Waals surface area contributed by atoms with Crippen LogP contribution >= 0.6 is 34.5 Å². The molecule has 0 saturated heterocycles. The standard InChI is InChI=1S/C24H19Cl2N3O4S/c1-31-17-6-3-15(4-7-17)13-27-29(23(30)14-33-21-10-5-16(25)11-19(21)26)24-28-20-9-8-18(32-2)12-22(20)34-24/h3-13H,14H2,1-2H3/b27-13+. The van der Waals surface area contributed by atoms with Gasteiger partial charge in [0.15, 0.2) is 6.61 Å². The van der Waals surface area contributed by atoms with Crippen molar-refractivity contribution in [3.8, 4) is 17.2 Å². The Morgan fingerprint density at radius 1 is 1.03 bits per heavy atom. The fourth-order valence-electron chi connectivity index (χ4n) is 2.94. The number of aromatic nitrogens is 1. The van der Waals surface area contributed by atoms with Gasteiger partial charge in [0.1, 0.15) is 17.2 Å². The van der Waals surface area contributed by atoms with E-state index >= 15 is 0 Å². The lowest BCUT2D eigenvalue weighted by molar-refractivity contribution is -0.120. The fraction of sp³-hybridized carbons (Fsp3) is 0.125. The summed E-state index contributed by atoms with van der Waals surface area (Å²) in [5, 5.41) is 6.79. The lowest BCUT2D eigenvalue weighted by Crippen LogP contribution is -2.30. The molecule has 0 unspecified atom stereocenters. The molecule has 1 heterocycles. The third kappa shape index (κ3) is 5.59. The van der Waals surface area contributed by atoms with Crippen molar-refractivity contribution in [1.82, 2.24) is 4.98 Å². The van der Waals surface area contributed by atoms with E-state index in [4.69, 9.17) is 37.4 Å². The Morgan fingerprint density at radius 2 is 1.76 bits per heavy atom. The van der Waals surface area contributed by atoms with Crippen molar-refractivity contribution in [3.63, 3.8) is 0 Å². The number of thiazole rings is 1. The summed E-state index contributed by atoms with van der Waals surface area (Å²) in [6, 6.07) is 17.6. The van der Waals surface area contributed by atoms with Crippen molar-refractivity contribution in [3.05, 3.63) is 76.3 Å². The van der Waals surface area contributed by atoms with E-state index in [9.17, 15) is 4.79 Å². The smallest absolute Gasteiger partial charge is 0.287 e. The molecule has 0 atom stereocenters. The van der Waals surface area contributed by atoms with E-state index in [0.717, 1.165) is 21.5 Å². The first-order valence-electron chi connectivity index (χ1n) is 10.0. The summed E-state index contributed by atoms with van der Waals surface area (Å²) in [5.41, 5.74) is 1.50. The number of halogens is 2. The molecule has 4 aromatic rings. The van der Waals surface area contributed by atoms with E-state index in [-0.39, 0.29) is 6.61 Å². The van der Waals surface area contributed by atoms with Crippen LogP contribution in [0.4, 0.5) is 5.13 Å². The number of anilines is 1. The van der Waals surface area contributed by atoms with Crippen molar-refractivity contribution in [2.45, 2.75) is 0 Å². The largest absolute Gasteiger partial charge is 0.497 e. The molecule has 0 aliphatic heterocycles. The van der Waals surface area contributed by atoms with Crippen molar-refractivity contribution < 1.29 is 19.0 Å². The monoisotopic (exact) mass is 515 g/mol. The van der Waals surface area contributed by atoms with E-state index in [1.807, 2.05) is 42.5 Å². The lowest BCUT2D eigenvalue weighted by Gasteiger charge is -2.15. The minimum atomic E-state index is -0.429. The highest BCUT2D eigenvalue weighted by Gasteiger charge is 2.21. The van der Waals surface area contributed by atoms with Crippen LogP contribution in [-0.4, -0.2) is 37.9 Å². The van der Waals surface area contributed by atoms with Gasteiger partial charge in [-0.15, -0.1) is 0 Å². The molecule has 0 fully saturated rings. The van der Waals surface area contributed by atoms with Gasteiger partial charge in [-0.3, -0.25) is 4.79 Å². The summed E-state index contributed by atoms with van der Waals surface area (Å²) in [7, 11) is 3.19. The van der Waals surface area contributed by atoms with Crippen molar-refractivity contribution >= 4 is 62.0 Å². The zero-order valence-electron chi connectivity index (χ0n) is 18.2. The number of carbonyl (C=O) groups excluding carboxylic acids is 1. The Bertz CT molecular complexity index is 1340. The Hall–Kier alpha value is -3.33. The number of carbonyl (C=O) groups is 1. The molecule has 10 heteroatoms. The second-order valence-electron chi connectivity index (χ2n) is 6.92. The maximum atomic E-state index is 13.2. The molecule has 0 N–H and O–H groups in total. The number of hydrazone groups is 1. The number of methoxy groups -OCH3 is 2. The summed E-state index contributed by atoms with van der Waals surface area (Å²) in [6.45, 7) is -0.305. The molecule has 34 heavy (non-hydrogen) atoms. The van der Waals surface area contributed by atoms with Gasteiger partial charge in [0.05, 0.1) is 35.7 Å². The van der Waals surface area contributed by atoms with E-state index in [2.05, 4.69) is 10.1 Å². The number of fused-ring (bicyclic) bond motifs is 1. The summed E-state index contributed by atoms with van der Waals surface area (Å²) in [4.78, 5) is 17.7. The van der Waals surface area contributed by atoms with Gasteiger partial charge >= 0.3 is 0 Å². The van der Waals surface area contributed by atoms with Gasteiger partial charge in [0.2, 0.25) is 5.13 Å². The summed E-state index contributed by atoms with van der Waals surface area (Å²) in [6.07, 6.45) is 1.57. The number of hydrogen-bond acceptors (Lipinski definition) is 7. The molecule has 0 radical (unpaired) electrons. The molecule has 1 amide bonds. The molecule has 4 rings (SSSR count). The van der Waals surface area contributed by atoms with Crippen LogP contribution < -0.4 is 19.2 Å². The number of benzene rings is 3. The minimum absolute atomic E-state index is 0.305. The topological polar surface area (TPSA) is 73.2 Å². The SMILES string of the molecule is COc1ccc(/C=N/N(C(=O)COc2ccc(Cl)cc2Cl)c2nc3ccc(OC)cc3s2)cc1. The summed E-state index contributed by atoms with van der Waals surface area (Å²) < 4.78 is 17.0. The first-order valence-corrected chi connectivity index (χ1v) is 11.6. The molecule has 0 aliphatic carbocycles. The number of hydrogen-bond donors (Lipinski definition) is 0. The predicted octanol–water partition coefficient (Wildman–Crippen LogP) is 6.07. The highest BCUT2D eigenvalue weighted by molar-refractivity contribution is 7.22. The second-order valence-corrected chi connectivity index (χ2v) is 8.77. The van der Waals surface area contributed by atoms with Crippen LogP contribution in [0, 0.1) is 0 Å². The highest BCUT2D eigenvalue weighted by Crippen LogP contribution is 2.32. The predicted molar refractivity (Wildman–Crippen MR) is 136 cm³/mol. The third-order valence-corrected chi connectivity index (χ3v) is 6.21. The van der Waals surface area contributed by atoms with Gasteiger partial charge in [-0.25, -0.2) is 4.98 Å². The van der Waals surface area contributed by atoms with Gasteiger partial charge in [-0.2, -0.15) is 10.1 Å². The highest BCUT2D eigenvalue weighted by atomic mass is 35.5. The zero-order valence-corrected chi connectivity index (χ0v) is 20.5. The minimum Gasteiger partial charge on any atom is -0.497 e. The Kier molecular flexibility index (Phi) is 7.52. The molecule has 3 aromatic carbocycles. The van der Waals surface area contributed by atoms with Crippen LogP contribution in [0.1, 0.15) is 5.56 Å². The molecule has 0 spiro atoms.